The molecule has 0 aliphatic heterocycles. The number of nitrogens with zero attached hydrogens (tertiary/aromatic N) is 2. The third-order valence-corrected chi connectivity index (χ3v) is 2.65. The zero-order valence-corrected chi connectivity index (χ0v) is 9.74. The van der Waals surface area contributed by atoms with Crippen molar-refractivity contribution in [1.82, 2.24) is 9.78 Å². The minimum Gasteiger partial charge on any atom is -0.272 e. The van der Waals surface area contributed by atoms with Crippen LogP contribution in [-0.4, -0.2) is 9.78 Å². The average molecular weight is 218 g/mol. The van der Waals surface area contributed by atoms with Crippen LogP contribution in [0.3, 0.4) is 0 Å². The number of aromatic nitrogens is 2. The summed E-state index contributed by atoms with van der Waals surface area (Å²) in [4.78, 5) is 0. The van der Waals surface area contributed by atoms with E-state index in [0.29, 0.717) is 5.92 Å². The molecule has 0 radical (unpaired) electrons. The van der Waals surface area contributed by atoms with Gasteiger partial charge in [0, 0.05) is 18.3 Å². The van der Waals surface area contributed by atoms with Gasteiger partial charge in [-0.3, -0.25) is 4.68 Å². The normalized spacial score (nSPS) is 11.1. The van der Waals surface area contributed by atoms with Crippen LogP contribution in [0.25, 0.3) is 11.3 Å². The third kappa shape index (κ3) is 1.98. The summed E-state index contributed by atoms with van der Waals surface area (Å²) < 4.78 is 14.7. The van der Waals surface area contributed by atoms with Crippen molar-refractivity contribution in [2.45, 2.75) is 19.8 Å². The minimum absolute atomic E-state index is 0.219. The monoisotopic (exact) mass is 218 g/mol. The second kappa shape index (κ2) is 4.08. The Morgan fingerprint density at radius 2 is 1.81 bits per heavy atom. The van der Waals surface area contributed by atoms with Crippen molar-refractivity contribution >= 4 is 0 Å². The van der Waals surface area contributed by atoms with Crippen LogP contribution in [0.5, 0.6) is 0 Å². The first-order valence-corrected chi connectivity index (χ1v) is 5.38. The summed E-state index contributed by atoms with van der Waals surface area (Å²) in [7, 11) is 1.93. The molecule has 0 spiro atoms. The summed E-state index contributed by atoms with van der Waals surface area (Å²) in [6.45, 7) is 4.26. The minimum atomic E-state index is -0.219. The van der Waals surface area contributed by atoms with Crippen molar-refractivity contribution in [3.05, 3.63) is 41.8 Å². The summed E-state index contributed by atoms with van der Waals surface area (Å²) in [5.74, 6) is 0.218. The summed E-state index contributed by atoms with van der Waals surface area (Å²) >= 11 is 0. The van der Waals surface area contributed by atoms with Gasteiger partial charge < -0.3 is 0 Å². The molecule has 0 saturated heterocycles. The molecule has 0 bridgehead atoms. The summed E-state index contributed by atoms with van der Waals surface area (Å²) in [6.07, 6.45) is 0. The number of benzene rings is 1. The van der Waals surface area contributed by atoms with Gasteiger partial charge in [0.15, 0.2) is 0 Å². The Kier molecular flexibility index (Phi) is 2.77. The van der Waals surface area contributed by atoms with E-state index in [1.807, 2.05) is 11.7 Å². The molecule has 2 aromatic rings. The van der Waals surface area contributed by atoms with Crippen molar-refractivity contribution in [2.24, 2.45) is 7.05 Å². The van der Waals surface area contributed by atoms with Crippen molar-refractivity contribution in [3.8, 4) is 11.3 Å². The Labute approximate surface area is 94.7 Å². The zero-order chi connectivity index (χ0) is 11.7. The SMILES string of the molecule is CC(C)c1cc(-c2ccc(F)cc2)nn1C. The molecule has 0 unspecified atom stereocenters. The van der Waals surface area contributed by atoms with Crippen molar-refractivity contribution < 1.29 is 4.39 Å². The zero-order valence-electron chi connectivity index (χ0n) is 9.74. The van der Waals surface area contributed by atoms with E-state index < -0.39 is 0 Å². The fourth-order valence-corrected chi connectivity index (χ4v) is 1.78. The third-order valence-electron chi connectivity index (χ3n) is 2.65. The Hall–Kier alpha value is -1.64. The fourth-order valence-electron chi connectivity index (χ4n) is 1.78. The molecule has 1 aromatic carbocycles. The molecule has 16 heavy (non-hydrogen) atoms. The van der Waals surface area contributed by atoms with E-state index in [9.17, 15) is 4.39 Å². The van der Waals surface area contributed by atoms with Gasteiger partial charge in [-0.1, -0.05) is 13.8 Å². The second-order valence-electron chi connectivity index (χ2n) is 4.24. The maximum atomic E-state index is 12.8. The van der Waals surface area contributed by atoms with E-state index in [2.05, 4.69) is 25.0 Å². The van der Waals surface area contributed by atoms with E-state index in [1.165, 1.54) is 17.8 Å². The van der Waals surface area contributed by atoms with Crippen molar-refractivity contribution in [2.75, 3.05) is 0 Å². The molecule has 2 rings (SSSR count). The number of hydrogen-bond acceptors (Lipinski definition) is 1. The lowest BCUT2D eigenvalue weighted by molar-refractivity contribution is 0.628. The lowest BCUT2D eigenvalue weighted by Crippen LogP contribution is -1.99. The number of rotatable bonds is 2. The molecule has 0 amide bonds. The van der Waals surface area contributed by atoms with Crippen LogP contribution < -0.4 is 0 Å². The fraction of sp³-hybridized carbons (Fsp3) is 0.308. The smallest absolute Gasteiger partial charge is 0.123 e. The lowest BCUT2D eigenvalue weighted by Gasteiger charge is -2.02. The Morgan fingerprint density at radius 1 is 1.19 bits per heavy atom. The number of aryl methyl sites for hydroxylation is 1. The van der Waals surface area contributed by atoms with Crippen LogP contribution in [0, 0.1) is 5.82 Å². The first-order valence-electron chi connectivity index (χ1n) is 5.38. The van der Waals surface area contributed by atoms with Gasteiger partial charge in [-0.25, -0.2) is 4.39 Å². The van der Waals surface area contributed by atoms with Crippen molar-refractivity contribution in [3.63, 3.8) is 0 Å². The molecule has 84 valence electrons. The highest BCUT2D eigenvalue weighted by Crippen LogP contribution is 2.22. The lowest BCUT2D eigenvalue weighted by atomic mass is 10.1. The topological polar surface area (TPSA) is 17.8 Å². The largest absolute Gasteiger partial charge is 0.272 e. The molecular formula is C13H15FN2. The van der Waals surface area contributed by atoms with Gasteiger partial charge >= 0.3 is 0 Å². The van der Waals surface area contributed by atoms with Crippen LogP contribution in [0.4, 0.5) is 4.39 Å². The molecule has 0 aliphatic carbocycles. The molecule has 0 aliphatic rings. The van der Waals surface area contributed by atoms with Crippen LogP contribution in [-0.2, 0) is 7.05 Å². The first kappa shape index (κ1) is 10.9. The first-order chi connectivity index (χ1) is 7.58. The Balaban J connectivity index is 2.41. The molecule has 0 atom stereocenters. The van der Waals surface area contributed by atoms with Gasteiger partial charge in [-0.2, -0.15) is 5.10 Å². The van der Waals surface area contributed by atoms with Gasteiger partial charge in [-0.15, -0.1) is 0 Å². The van der Waals surface area contributed by atoms with E-state index in [-0.39, 0.29) is 5.82 Å². The molecular weight excluding hydrogens is 203 g/mol. The average Bonchev–Trinajstić information content (AvgIpc) is 2.61. The highest BCUT2D eigenvalue weighted by atomic mass is 19.1. The van der Waals surface area contributed by atoms with Crippen LogP contribution >= 0.6 is 0 Å². The number of halogens is 1. The van der Waals surface area contributed by atoms with Crippen molar-refractivity contribution in [1.29, 1.82) is 0 Å². The summed E-state index contributed by atoms with van der Waals surface area (Å²) in [6, 6.07) is 8.47. The maximum absolute atomic E-state index is 12.8. The van der Waals surface area contributed by atoms with Gasteiger partial charge in [0.05, 0.1) is 5.69 Å². The molecule has 0 saturated carbocycles. The molecule has 1 aromatic heterocycles. The van der Waals surface area contributed by atoms with E-state index in [1.54, 1.807) is 12.1 Å². The van der Waals surface area contributed by atoms with Gasteiger partial charge in [0.1, 0.15) is 5.82 Å². The predicted molar refractivity (Wildman–Crippen MR) is 62.7 cm³/mol. The molecule has 0 fully saturated rings. The van der Waals surface area contributed by atoms with Gasteiger partial charge in [0.2, 0.25) is 0 Å². The predicted octanol–water partition coefficient (Wildman–Crippen LogP) is 3.35. The molecule has 0 N–H and O–H groups in total. The van der Waals surface area contributed by atoms with E-state index in [4.69, 9.17) is 0 Å². The standard InChI is InChI=1S/C13H15FN2/c1-9(2)13-8-12(15-16(13)3)10-4-6-11(14)7-5-10/h4-9H,1-3H3. The van der Waals surface area contributed by atoms with E-state index >= 15 is 0 Å². The van der Waals surface area contributed by atoms with Gasteiger partial charge in [-0.05, 0) is 36.2 Å². The molecule has 2 nitrogen and oxygen atoms in total. The quantitative estimate of drug-likeness (QED) is 0.755. The molecule has 1 heterocycles. The summed E-state index contributed by atoms with van der Waals surface area (Å²) in [5, 5.41) is 4.43. The number of hydrogen-bond donors (Lipinski definition) is 0. The highest BCUT2D eigenvalue weighted by molar-refractivity contribution is 5.59. The maximum Gasteiger partial charge on any atom is 0.123 e. The van der Waals surface area contributed by atoms with Crippen LogP contribution in [0.15, 0.2) is 30.3 Å². The Morgan fingerprint density at radius 3 is 2.31 bits per heavy atom. The second-order valence-corrected chi connectivity index (χ2v) is 4.24. The molecule has 3 heteroatoms. The highest BCUT2D eigenvalue weighted by Gasteiger charge is 2.09. The Bertz CT molecular complexity index is 483. The summed E-state index contributed by atoms with van der Waals surface area (Å²) in [5.41, 5.74) is 3.02. The van der Waals surface area contributed by atoms with Crippen LogP contribution in [0.1, 0.15) is 25.5 Å². The van der Waals surface area contributed by atoms with E-state index in [0.717, 1.165) is 11.3 Å². The van der Waals surface area contributed by atoms with Crippen LogP contribution in [0.2, 0.25) is 0 Å². The van der Waals surface area contributed by atoms with Gasteiger partial charge in [0.25, 0.3) is 0 Å².